The van der Waals surface area contributed by atoms with Crippen LogP contribution in [0.1, 0.15) is 71.9 Å². The van der Waals surface area contributed by atoms with Crippen LogP contribution in [0.25, 0.3) is 0 Å². The van der Waals surface area contributed by atoms with Crippen molar-refractivity contribution in [1.82, 2.24) is 9.80 Å². The van der Waals surface area contributed by atoms with Gasteiger partial charge < -0.3 is 5.11 Å². The molecule has 1 saturated heterocycles. The summed E-state index contributed by atoms with van der Waals surface area (Å²) in [6.45, 7) is 4.20. The Hall–Kier alpha value is -2.59. The van der Waals surface area contributed by atoms with E-state index in [9.17, 15) is 36.2 Å². The van der Waals surface area contributed by atoms with Crippen LogP contribution in [-0.4, -0.2) is 46.6 Å². The number of fused-ring (bicyclic) bond motifs is 1. The number of likely N-dealkylation sites (tertiary alicyclic amines) is 1. The van der Waals surface area contributed by atoms with Gasteiger partial charge in [0.25, 0.3) is 0 Å². The lowest BCUT2D eigenvalue weighted by Crippen LogP contribution is -2.46. The summed E-state index contributed by atoms with van der Waals surface area (Å²) >= 11 is 0. The second-order valence-corrected chi connectivity index (χ2v) is 11.6. The molecule has 0 spiro atoms. The van der Waals surface area contributed by atoms with Gasteiger partial charge in [-0.15, -0.1) is 0 Å². The lowest BCUT2D eigenvalue weighted by Gasteiger charge is -2.41. The Morgan fingerprint density at radius 3 is 2.23 bits per heavy atom. The van der Waals surface area contributed by atoms with E-state index in [4.69, 9.17) is 0 Å². The molecule has 4 nitrogen and oxygen atoms in total. The minimum atomic E-state index is -4.72. The number of benzene rings is 2. The van der Waals surface area contributed by atoms with Crippen molar-refractivity contribution in [2.45, 2.75) is 76.4 Å². The molecule has 5 rings (SSSR count). The van der Waals surface area contributed by atoms with Crippen molar-refractivity contribution in [3.63, 3.8) is 0 Å². The van der Waals surface area contributed by atoms with Gasteiger partial charge in [0.1, 0.15) is 0 Å². The van der Waals surface area contributed by atoms with E-state index >= 15 is 0 Å². The third-order valence-corrected chi connectivity index (χ3v) is 8.92. The van der Waals surface area contributed by atoms with Crippen molar-refractivity contribution in [3.8, 4) is 0 Å². The standard InChI is InChI=1S/C30H34F6N2O2/c1-18(28(39)40)27(20-3-4-20)21-5-2-19-8-13-38(17-22(19)14-21)25-9-11-37(12-10-25)16-23-15-24(29(31,32)33)6-7-26(23)30(34,35)36/h2,5-7,14-15,18,20,25,27H,3-4,8-13,16-17H2,1H3,(H,39,40)/t18-,27?/m0/s1. The van der Waals surface area contributed by atoms with Crippen molar-refractivity contribution in [3.05, 3.63) is 69.8 Å². The Morgan fingerprint density at radius 1 is 0.925 bits per heavy atom. The normalized spacial score (nSPS) is 21.2. The quantitative estimate of drug-likeness (QED) is 0.367. The summed E-state index contributed by atoms with van der Waals surface area (Å²) < 4.78 is 80.2. The van der Waals surface area contributed by atoms with Crippen LogP contribution in [0, 0.1) is 11.8 Å². The molecule has 2 heterocycles. The van der Waals surface area contributed by atoms with E-state index in [-0.39, 0.29) is 24.1 Å². The van der Waals surface area contributed by atoms with Gasteiger partial charge in [-0.3, -0.25) is 14.6 Å². The van der Waals surface area contributed by atoms with E-state index in [1.165, 1.54) is 11.1 Å². The van der Waals surface area contributed by atoms with Gasteiger partial charge in [-0.05, 0) is 97.5 Å². The highest BCUT2D eigenvalue weighted by atomic mass is 19.4. The minimum absolute atomic E-state index is 0.00106. The second kappa shape index (κ2) is 11.0. The summed E-state index contributed by atoms with van der Waals surface area (Å²) in [4.78, 5) is 15.9. The number of rotatable bonds is 7. The molecule has 2 aromatic carbocycles. The van der Waals surface area contributed by atoms with Gasteiger partial charge in [-0.25, -0.2) is 0 Å². The van der Waals surface area contributed by atoms with Gasteiger partial charge >= 0.3 is 18.3 Å². The smallest absolute Gasteiger partial charge is 0.416 e. The summed E-state index contributed by atoms with van der Waals surface area (Å²) in [5, 5.41) is 9.64. The zero-order valence-electron chi connectivity index (χ0n) is 22.4. The van der Waals surface area contributed by atoms with Crippen molar-refractivity contribution in [2.24, 2.45) is 11.8 Å². The summed E-state index contributed by atoms with van der Waals surface area (Å²) in [6, 6.07) is 8.27. The highest BCUT2D eigenvalue weighted by Crippen LogP contribution is 2.47. The van der Waals surface area contributed by atoms with E-state index in [0.29, 0.717) is 37.2 Å². The number of hydrogen-bond acceptors (Lipinski definition) is 3. The monoisotopic (exact) mass is 568 g/mol. The van der Waals surface area contributed by atoms with Crippen LogP contribution in [0.3, 0.4) is 0 Å². The topological polar surface area (TPSA) is 43.8 Å². The van der Waals surface area contributed by atoms with Crippen LogP contribution in [-0.2, 0) is 36.7 Å². The summed E-state index contributed by atoms with van der Waals surface area (Å²) in [5.74, 6) is -0.832. The fraction of sp³-hybridized carbons (Fsp3) is 0.567. The number of carboxylic acid groups (broad SMARTS) is 1. The molecule has 0 bridgehead atoms. The molecule has 10 heteroatoms. The van der Waals surface area contributed by atoms with Gasteiger partial charge in [0.05, 0.1) is 17.0 Å². The lowest BCUT2D eigenvalue weighted by atomic mass is 9.81. The molecule has 2 aliphatic heterocycles. The molecule has 0 aromatic heterocycles. The summed E-state index contributed by atoms with van der Waals surface area (Å²) in [6.07, 6.45) is -5.02. The van der Waals surface area contributed by atoms with E-state index in [1.807, 2.05) is 4.90 Å². The average Bonchev–Trinajstić information content (AvgIpc) is 3.73. The summed E-state index contributed by atoms with van der Waals surface area (Å²) in [7, 11) is 0. The fourth-order valence-corrected chi connectivity index (χ4v) is 6.56. The first-order chi connectivity index (χ1) is 18.8. The average molecular weight is 569 g/mol. The molecule has 40 heavy (non-hydrogen) atoms. The number of carboxylic acids is 1. The van der Waals surface area contributed by atoms with Gasteiger partial charge in [0, 0.05) is 25.7 Å². The number of carbonyl (C=O) groups is 1. The predicted octanol–water partition coefficient (Wildman–Crippen LogP) is 6.96. The number of piperidine rings is 1. The molecule has 2 atom stereocenters. The van der Waals surface area contributed by atoms with Crippen molar-refractivity contribution in [1.29, 1.82) is 0 Å². The first kappa shape index (κ1) is 28.9. The van der Waals surface area contributed by atoms with Gasteiger partial charge in [0.2, 0.25) is 0 Å². The zero-order chi connectivity index (χ0) is 28.8. The molecule has 1 saturated carbocycles. The molecule has 218 valence electrons. The molecule has 1 unspecified atom stereocenters. The highest BCUT2D eigenvalue weighted by molar-refractivity contribution is 5.71. The number of alkyl halides is 6. The number of halogens is 6. The van der Waals surface area contributed by atoms with E-state index < -0.39 is 35.4 Å². The predicted molar refractivity (Wildman–Crippen MR) is 138 cm³/mol. The van der Waals surface area contributed by atoms with Crippen LogP contribution in [0.4, 0.5) is 26.3 Å². The number of hydrogen-bond donors (Lipinski definition) is 1. The molecule has 3 aliphatic rings. The maximum atomic E-state index is 13.5. The molecule has 1 N–H and O–H groups in total. The summed E-state index contributed by atoms with van der Waals surface area (Å²) in [5.41, 5.74) is 1.11. The van der Waals surface area contributed by atoms with Crippen molar-refractivity contribution < 1.29 is 36.2 Å². The van der Waals surface area contributed by atoms with E-state index in [1.54, 1.807) is 6.92 Å². The van der Waals surface area contributed by atoms with Gasteiger partial charge in [-0.1, -0.05) is 25.1 Å². The molecule has 0 amide bonds. The molecule has 2 fully saturated rings. The van der Waals surface area contributed by atoms with E-state index in [2.05, 4.69) is 23.1 Å². The minimum Gasteiger partial charge on any atom is -0.481 e. The third kappa shape index (κ3) is 6.33. The largest absolute Gasteiger partial charge is 0.481 e. The molecule has 0 radical (unpaired) electrons. The van der Waals surface area contributed by atoms with Crippen LogP contribution in [0.2, 0.25) is 0 Å². The first-order valence-corrected chi connectivity index (χ1v) is 13.9. The highest BCUT2D eigenvalue weighted by Gasteiger charge is 2.40. The molecule has 2 aromatic rings. The van der Waals surface area contributed by atoms with Crippen LogP contribution >= 0.6 is 0 Å². The van der Waals surface area contributed by atoms with Crippen LogP contribution in [0.5, 0.6) is 0 Å². The van der Waals surface area contributed by atoms with E-state index in [0.717, 1.165) is 50.8 Å². The van der Waals surface area contributed by atoms with Crippen LogP contribution in [0.15, 0.2) is 36.4 Å². The third-order valence-electron chi connectivity index (χ3n) is 8.92. The van der Waals surface area contributed by atoms with Crippen molar-refractivity contribution in [2.75, 3.05) is 19.6 Å². The Bertz CT molecular complexity index is 1230. The maximum absolute atomic E-state index is 13.5. The van der Waals surface area contributed by atoms with Crippen LogP contribution < -0.4 is 0 Å². The Morgan fingerprint density at radius 2 is 1.62 bits per heavy atom. The Labute approximate surface area is 230 Å². The molecule has 1 aliphatic carbocycles. The molecular formula is C30H34F6N2O2. The Kier molecular flexibility index (Phi) is 7.96. The van der Waals surface area contributed by atoms with Crippen molar-refractivity contribution >= 4 is 5.97 Å². The number of nitrogens with zero attached hydrogens (tertiary/aromatic N) is 2. The lowest BCUT2D eigenvalue weighted by molar-refractivity contribution is -0.142. The fourth-order valence-electron chi connectivity index (χ4n) is 6.56. The zero-order valence-corrected chi connectivity index (χ0v) is 22.4. The van der Waals surface area contributed by atoms with Gasteiger partial charge in [0.15, 0.2) is 0 Å². The number of aliphatic carboxylic acids is 1. The second-order valence-electron chi connectivity index (χ2n) is 11.6. The maximum Gasteiger partial charge on any atom is 0.416 e. The van der Waals surface area contributed by atoms with Gasteiger partial charge in [-0.2, -0.15) is 26.3 Å². The SMILES string of the molecule is C[C@H](C(=O)O)C(c1ccc2c(c1)CN(C1CCN(Cc3cc(C(F)(F)F)ccc3C(F)(F)F)CC1)CC2)C1CC1. The first-order valence-electron chi connectivity index (χ1n) is 13.9. The molecular weight excluding hydrogens is 534 g/mol. The Balaban J connectivity index is 1.24.